The highest BCUT2D eigenvalue weighted by molar-refractivity contribution is 5.52. The molecule has 1 heterocycles. The third-order valence-electron chi connectivity index (χ3n) is 4.54. The van der Waals surface area contributed by atoms with Crippen LogP contribution in [0.15, 0.2) is 48.5 Å². The minimum atomic E-state index is -0.693. The lowest BCUT2D eigenvalue weighted by Crippen LogP contribution is -2.44. The maximum absolute atomic E-state index is 13.2. The van der Waals surface area contributed by atoms with E-state index in [-0.39, 0.29) is 16.8 Å². The van der Waals surface area contributed by atoms with Crippen molar-refractivity contribution in [3.63, 3.8) is 0 Å². The number of nitro groups is 1. The number of fused-ring (bicyclic) bond motifs is 1. The summed E-state index contributed by atoms with van der Waals surface area (Å²) in [5.41, 5.74) is 2.99. The zero-order valence-electron chi connectivity index (χ0n) is 13.0. The fourth-order valence-corrected chi connectivity index (χ4v) is 3.42. The first kappa shape index (κ1) is 15.5. The lowest BCUT2D eigenvalue weighted by atomic mass is 9.87. The Morgan fingerprint density at radius 3 is 2.61 bits per heavy atom. The van der Waals surface area contributed by atoms with Gasteiger partial charge < -0.3 is 4.90 Å². The summed E-state index contributed by atoms with van der Waals surface area (Å²) in [4.78, 5) is 13.4. The third-order valence-corrected chi connectivity index (χ3v) is 4.54. The smallest absolute Gasteiger partial charge is 0.237 e. The first-order chi connectivity index (χ1) is 11.1. The van der Waals surface area contributed by atoms with Crippen LogP contribution in [0.4, 0.5) is 10.1 Å². The molecular formula is C18H19FN2O2. The molecule has 2 atom stereocenters. The Labute approximate surface area is 134 Å². The van der Waals surface area contributed by atoms with Crippen LogP contribution in [0.25, 0.3) is 0 Å². The van der Waals surface area contributed by atoms with Gasteiger partial charge in [0.05, 0.1) is 0 Å². The van der Waals surface area contributed by atoms with E-state index in [1.165, 1.54) is 12.1 Å². The Balaban J connectivity index is 2.08. The topological polar surface area (TPSA) is 46.4 Å². The number of benzene rings is 2. The number of hydrogen-bond donors (Lipinski definition) is 0. The summed E-state index contributed by atoms with van der Waals surface area (Å²) in [7, 11) is 0. The first-order valence-corrected chi connectivity index (χ1v) is 7.85. The second-order valence-corrected chi connectivity index (χ2v) is 5.82. The van der Waals surface area contributed by atoms with Crippen LogP contribution < -0.4 is 4.90 Å². The molecule has 1 aliphatic rings. The molecule has 0 amide bonds. The molecule has 0 N–H and O–H groups in total. The predicted octanol–water partition coefficient (Wildman–Crippen LogP) is 3.98. The van der Waals surface area contributed by atoms with Gasteiger partial charge in [0.2, 0.25) is 6.04 Å². The van der Waals surface area contributed by atoms with Gasteiger partial charge >= 0.3 is 0 Å². The van der Waals surface area contributed by atoms with Crippen LogP contribution in [0.5, 0.6) is 0 Å². The van der Waals surface area contributed by atoms with Crippen LogP contribution in [-0.4, -0.2) is 17.5 Å². The summed E-state index contributed by atoms with van der Waals surface area (Å²) < 4.78 is 13.2. The van der Waals surface area contributed by atoms with Crippen molar-refractivity contribution >= 4 is 5.69 Å². The Morgan fingerprint density at radius 1 is 1.26 bits per heavy atom. The summed E-state index contributed by atoms with van der Waals surface area (Å²) in [5, 5.41) is 11.6. The molecule has 0 radical (unpaired) electrons. The Morgan fingerprint density at radius 2 is 1.96 bits per heavy atom. The van der Waals surface area contributed by atoms with Gasteiger partial charge in [0.15, 0.2) is 0 Å². The summed E-state index contributed by atoms with van der Waals surface area (Å²) in [6.45, 7) is 2.53. The van der Waals surface area contributed by atoms with Crippen molar-refractivity contribution < 1.29 is 9.31 Å². The standard InChI is InChI=1S/C18H19FN2O2/c1-2-17(21(22)23)18-16-6-4-3-5-13(16)11-12-20(18)15-9-7-14(19)8-10-15/h3-10,17-18H,2,11-12H2,1H3. The fourth-order valence-electron chi connectivity index (χ4n) is 3.42. The van der Waals surface area contributed by atoms with Crippen molar-refractivity contribution in [2.24, 2.45) is 0 Å². The van der Waals surface area contributed by atoms with Gasteiger partial charge in [0.25, 0.3) is 0 Å². The highest BCUT2D eigenvalue weighted by Crippen LogP contribution is 2.37. The molecule has 4 nitrogen and oxygen atoms in total. The van der Waals surface area contributed by atoms with Gasteiger partial charge in [-0.3, -0.25) is 10.1 Å². The van der Waals surface area contributed by atoms with E-state index in [0.29, 0.717) is 13.0 Å². The van der Waals surface area contributed by atoms with E-state index in [2.05, 4.69) is 0 Å². The minimum absolute atomic E-state index is 0.191. The van der Waals surface area contributed by atoms with Gasteiger partial charge in [-0.25, -0.2) is 4.39 Å². The number of nitrogens with zero attached hydrogens (tertiary/aromatic N) is 2. The van der Waals surface area contributed by atoms with Crippen LogP contribution in [-0.2, 0) is 6.42 Å². The molecule has 5 heteroatoms. The molecule has 1 aliphatic heterocycles. The molecule has 2 aromatic carbocycles. The molecule has 3 rings (SSSR count). The molecule has 2 aromatic rings. The minimum Gasteiger partial charge on any atom is -0.358 e. The van der Waals surface area contributed by atoms with Crippen LogP contribution in [0.3, 0.4) is 0 Å². The fraction of sp³-hybridized carbons (Fsp3) is 0.333. The van der Waals surface area contributed by atoms with Crippen molar-refractivity contribution in [3.05, 3.63) is 75.6 Å². The maximum Gasteiger partial charge on any atom is 0.237 e. The van der Waals surface area contributed by atoms with Crippen molar-refractivity contribution in [1.29, 1.82) is 0 Å². The van der Waals surface area contributed by atoms with Gasteiger partial charge in [-0.2, -0.15) is 0 Å². The van der Waals surface area contributed by atoms with Crippen LogP contribution >= 0.6 is 0 Å². The monoisotopic (exact) mass is 314 g/mol. The number of rotatable bonds is 4. The van der Waals surface area contributed by atoms with E-state index >= 15 is 0 Å². The maximum atomic E-state index is 13.2. The number of halogens is 1. The van der Waals surface area contributed by atoms with E-state index in [4.69, 9.17) is 0 Å². The molecule has 23 heavy (non-hydrogen) atoms. The van der Waals surface area contributed by atoms with Crippen molar-refractivity contribution in [2.75, 3.05) is 11.4 Å². The summed E-state index contributed by atoms with van der Waals surface area (Å²) >= 11 is 0. The second-order valence-electron chi connectivity index (χ2n) is 5.82. The zero-order valence-corrected chi connectivity index (χ0v) is 13.0. The highest BCUT2D eigenvalue weighted by Gasteiger charge is 2.39. The van der Waals surface area contributed by atoms with Crippen molar-refractivity contribution in [2.45, 2.75) is 31.8 Å². The van der Waals surface area contributed by atoms with E-state index < -0.39 is 6.04 Å². The molecule has 0 bridgehead atoms. The molecule has 0 aromatic heterocycles. The molecular weight excluding hydrogens is 295 g/mol. The van der Waals surface area contributed by atoms with Crippen LogP contribution in [0.2, 0.25) is 0 Å². The number of anilines is 1. The highest BCUT2D eigenvalue weighted by atomic mass is 19.1. The lowest BCUT2D eigenvalue weighted by molar-refractivity contribution is -0.527. The quantitative estimate of drug-likeness (QED) is 0.633. The zero-order chi connectivity index (χ0) is 16.4. The Bertz CT molecular complexity index is 702. The van der Waals surface area contributed by atoms with Gasteiger partial charge in [-0.05, 0) is 41.8 Å². The van der Waals surface area contributed by atoms with Gasteiger partial charge in [0, 0.05) is 23.6 Å². The van der Waals surface area contributed by atoms with Crippen LogP contribution in [0, 0.1) is 15.9 Å². The normalized spacial score (nSPS) is 18.3. The third kappa shape index (κ3) is 2.91. The molecule has 120 valence electrons. The average molecular weight is 314 g/mol. The van der Waals surface area contributed by atoms with Crippen molar-refractivity contribution in [1.82, 2.24) is 0 Å². The van der Waals surface area contributed by atoms with Crippen molar-refractivity contribution in [3.8, 4) is 0 Å². The molecule has 0 fully saturated rings. The average Bonchev–Trinajstić information content (AvgIpc) is 2.56. The van der Waals surface area contributed by atoms with Crippen LogP contribution in [0.1, 0.15) is 30.5 Å². The summed E-state index contributed by atoms with van der Waals surface area (Å²) in [6.07, 6.45) is 1.28. The number of hydrogen-bond acceptors (Lipinski definition) is 3. The molecule has 0 saturated heterocycles. The van der Waals surface area contributed by atoms with E-state index in [9.17, 15) is 14.5 Å². The SMILES string of the molecule is CCC(C1c2ccccc2CCN1c1ccc(F)cc1)[N+](=O)[O-]. The van der Waals surface area contributed by atoms with E-state index in [1.807, 2.05) is 36.1 Å². The van der Waals surface area contributed by atoms with Gasteiger partial charge in [-0.1, -0.05) is 31.2 Å². The summed E-state index contributed by atoms with van der Waals surface area (Å²) in [6, 6.07) is 13.1. The second kappa shape index (κ2) is 6.36. The first-order valence-electron chi connectivity index (χ1n) is 7.85. The summed E-state index contributed by atoms with van der Waals surface area (Å²) in [5.74, 6) is -0.302. The Kier molecular flexibility index (Phi) is 4.28. The Hall–Kier alpha value is -2.43. The van der Waals surface area contributed by atoms with E-state index in [0.717, 1.165) is 23.2 Å². The molecule has 0 spiro atoms. The van der Waals surface area contributed by atoms with Gasteiger partial charge in [-0.15, -0.1) is 0 Å². The molecule has 2 unspecified atom stereocenters. The lowest BCUT2D eigenvalue weighted by Gasteiger charge is -2.39. The predicted molar refractivity (Wildman–Crippen MR) is 87.7 cm³/mol. The molecule has 0 saturated carbocycles. The molecule has 0 aliphatic carbocycles. The largest absolute Gasteiger partial charge is 0.358 e. The van der Waals surface area contributed by atoms with Gasteiger partial charge in [0.1, 0.15) is 11.9 Å². The van der Waals surface area contributed by atoms with E-state index in [1.54, 1.807) is 12.1 Å².